The summed E-state index contributed by atoms with van der Waals surface area (Å²) in [6, 6.07) is 0.443. The Morgan fingerprint density at radius 1 is 0.964 bits per heavy atom. The van der Waals surface area contributed by atoms with E-state index in [2.05, 4.69) is 11.8 Å². The molecule has 0 radical (unpaired) electrons. The first kappa shape index (κ1) is 22.1. The van der Waals surface area contributed by atoms with E-state index in [4.69, 9.17) is 9.47 Å². The summed E-state index contributed by atoms with van der Waals surface area (Å²) in [5.74, 6) is 2.07. The van der Waals surface area contributed by atoms with Crippen LogP contribution in [0.2, 0.25) is 0 Å². The first-order chi connectivity index (χ1) is 13.7. The van der Waals surface area contributed by atoms with E-state index in [1.54, 1.807) is 0 Å². The van der Waals surface area contributed by atoms with Gasteiger partial charge in [-0.3, -0.25) is 9.69 Å². The maximum atomic E-state index is 12.0. The molecule has 162 valence electrons. The van der Waals surface area contributed by atoms with Crippen LogP contribution in [0.5, 0.6) is 0 Å². The summed E-state index contributed by atoms with van der Waals surface area (Å²) in [5, 5.41) is 0. The highest BCUT2D eigenvalue weighted by atomic mass is 16.5. The molecule has 4 heteroatoms. The maximum Gasteiger partial charge on any atom is 0.309 e. The smallest absolute Gasteiger partial charge is 0.309 e. The second-order valence-corrected chi connectivity index (χ2v) is 9.61. The van der Waals surface area contributed by atoms with E-state index in [1.807, 2.05) is 6.92 Å². The van der Waals surface area contributed by atoms with Gasteiger partial charge in [-0.05, 0) is 77.2 Å². The van der Waals surface area contributed by atoms with Crippen LogP contribution in [0.15, 0.2) is 0 Å². The topological polar surface area (TPSA) is 38.8 Å². The molecule has 28 heavy (non-hydrogen) atoms. The van der Waals surface area contributed by atoms with E-state index in [0.29, 0.717) is 18.8 Å². The summed E-state index contributed by atoms with van der Waals surface area (Å²) in [4.78, 5) is 14.4. The third-order valence-corrected chi connectivity index (χ3v) is 7.55. The first-order valence-corrected chi connectivity index (χ1v) is 12.2. The Bertz CT molecular complexity index is 455. The molecule has 2 aliphatic carbocycles. The van der Waals surface area contributed by atoms with Crippen LogP contribution in [0.1, 0.15) is 90.9 Å². The van der Waals surface area contributed by atoms with Crippen LogP contribution in [0, 0.1) is 17.8 Å². The Labute approximate surface area is 172 Å². The molecule has 0 unspecified atom stereocenters. The fourth-order valence-corrected chi connectivity index (χ4v) is 5.79. The van der Waals surface area contributed by atoms with Gasteiger partial charge in [0, 0.05) is 12.6 Å². The highest BCUT2D eigenvalue weighted by Crippen LogP contribution is 2.36. The minimum Gasteiger partial charge on any atom is -0.466 e. The molecule has 0 aromatic heterocycles. The van der Waals surface area contributed by atoms with E-state index in [-0.39, 0.29) is 11.9 Å². The van der Waals surface area contributed by atoms with E-state index >= 15 is 0 Å². The van der Waals surface area contributed by atoms with Gasteiger partial charge < -0.3 is 9.47 Å². The number of esters is 1. The standard InChI is InChI=1S/C24H43NO3/c1-3-27-24(26)22-13-14-25(19(2)17-22)15-16-28-23-11-9-21(10-12-23)18-20-7-5-4-6-8-20/h19-23H,3-18H2,1-2H3/t19-,21?,22-,23?/m1/s1. The fraction of sp³-hybridized carbons (Fsp3) is 0.958. The SMILES string of the molecule is CCOC(=O)[C@@H]1CCN(CCOC2CCC(CC3CCCCC3)CC2)[C@H](C)C1. The van der Waals surface area contributed by atoms with Crippen LogP contribution < -0.4 is 0 Å². The van der Waals surface area contributed by atoms with Gasteiger partial charge in [-0.1, -0.05) is 32.1 Å². The predicted molar refractivity (Wildman–Crippen MR) is 113 cm³/mol. The molecule has 4 nitrogen and oxygen atoms in total. The summed E-state index contributed by atoms with van der Waals surface area (Å²) in [6.07, 6.45) is 16.5. The Morgan fingerprint density at radius 3 is 2.36 bits per heavy atom. The zero-order valence-electron chi connectivity index (χ0n) is 18.4. The third-order valence-electron chi connectivity index (χ3n) is 7.55. The van der Waals surface area contributed by atoms with Gasteiger partial charge in [0.1, 0.15) is 0 Å². The van der Waals surface area contributed by atoms with Crippen molar-refractivity contribution in [1.29, 1.82) is 0 Å². The molecule has 0 amide bonds. The lowest BCUT2D eigenvalue weighted by Gasteiger charge is -2.37. The van der Waals surface area contributed by atoms with Crippen molar-refractivity contribution in [3.05, 3.63) is 0 Å². The Hall–Kier alpha value is -0.610. The molecule has 3 fully saturated rings. The molecule has 0 spiro atoms. The Kier molecular flexibility index (Phi) is 9.10. The molecule has 2 saturated carbocycles. The van der Waals surface area contributed by atoms with Crippen molar-refractivity contribution in [2.45, 2.75) is 103 Å². The Balaban J connectivity index is 1.27. The van der Waals surface area contributed by atoms with Crippen LogP contribution in [0.4, 0.5) is 0 Å². The van der Waals surface area contributed by atoms with Crippen LogP contribution in [-0.4, -0.2) is 49.3 Å². The highest BCUT2D eigenvalue weighted by Gasteiger charge is 2.31. The number of likely N-dealkylation sites (tertiary alicyclic amines) is 1. The largest absolute Gasteiger partial charge is 0.466 e. The van der Waals surface area contributed by atoms with Gasteiger partial charge in [-0.25, -0.2) is 0 Å². The molecule has 1 saturated heterocycles. The van der Waals surface area contributed by atoms with Crippen molar-refractivity contribution >= 4 is 5.97 Å². The molecular weight excluding hydrogens is 350 g/mol. The molecule has 0 aromatic carbocycles. The molecule has 2 atom stereocenters. The van der Waals surface area contributed by atoms with Crippen LogP contribution in [-0.2, 0) is 14.3 Å². The van der Waals surface area contributed by atoms with Gasteiger partial charge in [0.25, 0.3) is 0 Å². The van der Waals surface area contributed by atoms with Crippen molar-refractivity contribution in [1.82, 2.24) is 4.90 Å². The molecule has 1 aliphatic heterocycles. The van der Waals surface area contributed by atoms with Crippen molar-refractivity contribution in [3.63, 3.8) is 0 Å². The average molecular weight is 394 g/mol. The van der Waals surface area contributed by atoms with Crippen LogP contribution in [0.3, 0.4) is 0 Å². The van der Waals surface area contributed by atoms with E-state index in [0.717, 1.165) is 44.4 Å². The third kappa shape index (κ3) is 6.73. The normalized spacial score (nSPS) is 32.9. The van der Waals surface area contributed by atoms with Gasteiger partial charge in [-0.15, -0.1) is 0 Å². The number of hydrogen-bond acceptors (Lipinski definition) is 4. The maximum absolute atomic E-state index is 12.0. The molecule has 0 N–H and O–H groups in total. The van der Waals surface area contributed by atoms with Gasteiger partial charge >= 0.3 is 5.97 Å². The molecule has 3 rings (SSSR count). The first-order valence-electron chi connectivity index (χ1n) is 12.2. The molecule has 1 heterocycles. The highest BCUT2D eigenvalue weighted by molar-refractivity contribution is 5.72. The lowest BCUT2D eigenvalue weighted by Crippen LogP contribution is -2.44. The zero-order valence-corrected chi connectivity index (χ0v) is 18.4. The number of carbonyl (C=O) groups excluding carboxylic acids is 1. The van der Waals surface area contributed by atoms with E-state index in [9.17, 15) is 4.79 Å². The molecule has 3 aliphatic rings. The van der Waals surface area contributed by atoms with Gasteiger partial charge in [0.05, 0.1) is 25.2 Å². The van der Waals surface area contributed by atoms with Crippen LogP contribution in [0.25, 0.3) is 0 Å². The predicted octanol–water partition coefficient (Wildman–Crippen LogP) is 5.20. The second-order valence-electron chi connectivity index (χ2n) is 9.61. The fourth-order valence-electron chi connectivity index (χ4n) is 5.79. The summed E-state index contributed by atoms with van der Waals surface area (Å²) >= 11 is 0. The van der Waals surface area contributed by atoms with Crippen molar-refractivity contribution in [3.8, 4) is 0 Å². The summed E-state index contributed by atoms with van der Waals surface area (Å²) in [5.41, 5.74) is 0. The number of nitrogens with zero attached hydrogens (tertiary/aromatic N) is 1. The lowest BCUT2D eigenvalue weighted by atomic mass is 9.77. The minimum absolute atomic E-state index is 0.00441. The van der Waals surface area contributed by atoms with Gasteiger partial charge in [-0.2, -0.15) is 0 Å². The van der Waals surface area contributed by atoms with Crippen molar-refractivity contribution in [2.75, 3.05) is 26.3 Å². The number of piperidine rings is 1. The number of carbonyl (C=O) groups is 1. The van der Waals surface area contributed by atoms with Gasteiger partial charge in [0.15, 0.2) is 0 Å². The molecule has 0 bridgehead atoms. The van der Waals surface area contributed by atoms with E-state index < -0.39 is 0 Å². The average Bonchev–Trinajstić information content (AvgIpc) is 2.71. The lowest BCUT2D eigenvalue weighted by molar-refractivity contribution is -0.150. The van der Waals surface area contributed by atoms with E-state index in [1.165, 1.54) is 64.2 Å². The second kappa shape index (κ2) is 11.5. The Morgan fingerprint density at radius 2 is 1.68 bits per heavy atom. The van der Waals surface area contributed by atoms with Crippen LogP contribution >= 0.6 is 0 Å². The minimum atomic E-state index is -0.00441. The summed E-state index contributed by atoms with van der Waals surface area (Å²) in [7, 11) is 0. The number of ether oxygens (including phenoxy) is 2. The summed E-state index contributed by atoms with van der Waals surface area (Å²) < 4.78 is 11.5. The summed E-state index contributed by atoms with van der Waals surface area (Å²) in [6.45, 7) is 7.44. The molecular formula is C24H43NO3. The van der Waals surface area contributed by atoms with Crippen molar-refractivity contribution < 1.29 is 14.3 Å². The zero-order chi connectivity index (χ0) is 19.8. The molecule has 0 aromatic rings. The van der Waals surface area contributed by atoms with Crippen molar-refractivity contribution in [2.24, 2.45) is 17.8 Å². The monoisotopic (exact) mass is 393 g/mol. The van der Waals surface area contributed by atoms with Gasteiger partial charge in [0.2, 0.25) is 0 Å². The quantitative estimate of drug-likeness (QED) is 0.532. The number of rotatable bonds is 8. The number of hydrogen-bond donors (Lipinski definition) is 0.